The molecule has 0 spiro atoms. The molecule has 0 saturated carbocycles. The number of rotatable bonds is 9. The van der Waals surface area contributed by atoms with Gasteiger partial charge in [0.2, 0.25) is 5.78 Å². The summed E-state index contributed by atoms with van der Waals surface area (Å²) < 4.78 is 29.7. The minimum absolute atomic E-state index is 0.0173. The molecule has 12 rings (SSSR count). The Morgan fingerprint density at radius 3 is 2.32 bits per heavy atom. The van der Waals surface area contributed by atoms with Crippen molar-refractivity contribution in [1.29, 1.82) is 0 Å². The van der Waals surface area contributed by atoms with E-state index < -0.39 is 107 Å². The van der Waals surface area contributed by atoms with E-state index in [2.05, 4.69) is 11.8 Å². The van der Waals surface area contributed by atoms with Crippen LogP contribution in [0.4, 0.5) is 4.79 Å². The fraction of sp³-hybridized carbons (Fsp3) is 0.483. The first-order valence-corrected chi connectivity index (χ1v) is 28.1. The predicted octanol–water partition coefficient (Wildman–Crippen LogP) is 4.09. The van der Waals surface area contributed by atoms with Crippen LogP contribution in [-0.4, -0.2) is 155 Å². The maximum absolute atomic E-state index is 13.6. The van der Waals surface area contributed by atoms with Crippen LogP contribution >= 0.6 is 0 Å². The topological polar surface area (TPSA) is 320 Å². The van der Waals surface area contributed by atoms with Crippen LogP contribution in [0.1, 0.15) is 143 Å². The van der Waals surface area contributed by atoms with Crippen molar-refractivity contribution in [3.8, 4) is 34.4 Å². The molecule has 0 radical (unpaired) electrons. The number of nitrogens with zero attached hydrogens (tertiary/aromatic N) is 4. The molecule has 3 saturated heterocycles. The van der Waals surface area contributed by atoms with E-state index in [1.807, 2.05) is 17.0 Å². The molecule has 0 bridgehead atoms. The molecular weight excluding hydrogens is 1060 g/mol. The number of cyclic esters (lactones) is 1. The standard InChI is InChI=1S/C33H38N4O6.C27H29NO11/c1-3-22-23-16-21(43-32(40)36-14-10-20(11-15-36)35-12-6-5-7-13-35)8-9-27(23)34-29-24(22)18-37-28(29)17-26-25(30(37)38)19-42-31(39)33(26,41)4-2;1-10-22(31)13(28)6-17(38-10)39-15-8-27(36,16(30)9-29)7-12-19(15)26(35)21-20(24(12)33)23(32)11-4-3-5-14(37-2)18(11)25(21)34/h8-9,16-17,20,41H,3-7,10-15,18-19H2,1-2H3;3-5,10,13,15,17,22,29,31,33,35-36H,6-9,28H2,1-2H3/t33-;10-,13-,15-,17-,22-,27-/m00/s1. The molecule has 5 aliphatic heterocycles. The van der Waals surface area contributed by atoms with Crippen molar-refractivity contribution in [3.05, 3.63) is 108 Å². The monoisotopic (exact) mass is 1130 g/mol. The number of aryl methyl sites for hydroxylation is 1. The lowest BCUT2D eigenvalue weighted by Crippen LogP contribution is -2.53. The van der Waals surface area contributed by atoms with E-state index in [1.54, 1.807) is 30.5 Å². The van der Waals surface area contributed by atoms with Gasteiger partial charge < -0.3 is 74.4 Å². The number of methoxy groups -OCH3 is 1. The lowest BCUT2D eigenvalue weighted by molar-refractivity contribution is -0.247. The number of aliphatic hydroxyl groups is 4. The van der Waals surface area contributed by atoms with Crippen LogP contribution < -0.4 is 20.8 Å². The van der Waals surface area contributed by atoms with Crippen LogP contribution in [0.25, 0.3) is 22.3 Å². The predicted molar refractivity (Wildman–Crippen MR) is 292 cm³/mol. The molecule has 22 heteroatoms. The molecule has 434 valence electrons. The average Bonchev–Trinajstić information content (AvgIpc) is 4.02. The van der Waals surface area contributed by atoms with Crippen LogP contribution in [0.2, 0.25) is 0 Å². The van der Waals surface area contributed by atoms with Crippen molar-refractivity contribution in [2.24, 2.45) is 5.73 Å². The third-order valence-corrected chi connectivity index (χ3v) is 17.8. The first-order chi connectivity index (χ1) is 39.2. The largest absolute Gasteiger partial charge is 0.507 e. The van der Waals surface area contributed by atoms with Gasteiger partial charge in [0.05, 0.1) is 71.1 Å². The Labute approximate surface area is 470 Å². The Morgan fingerprint density at radius 2 is 1.63 bits per heavy atom. The zero-order valence-corrected chi connectivity index (χ0v) is 46.1. The number of aliphatic hydroxyl groups excluding tert-OH is 2. The number of Topliss-reactive ketones (excluding diaryl/α,β-unsaturated/α-hetero) is 1. The van der Waals surface area contributed by atoms with E-state index in [4.69, 9.17) is 34.4 Å². The number of esters is 1. The summed E-state index contributed by atoms with van der Waals surface area (Å²) in [4.78, 5) is 88.3. The number of carbonyl (C=O) groups excluding carboxylic acids is 5. The van der Waals surface area contributed by atoms with Gasteiger partial charge in [-0.3, -0.25) is 19.2 Å². The van der Waals surface area contributed by atoms with Gasteiger partial charge in [0.15, 0.2) is 23.5 Å². The Morgan fingerprint density at radius 1 is 0.902 bits per heavy atom. The summed E-state index contributed by atoms with van der Waals surface area (Å²) >= 11 is 0. The van der Waals surface area contributed by atoms with Crippen LogP contribution in [0.5, 0.6) is 23.0 Å². The van der Waals surface area contributed by atoms with Gasteiger partial charge in [0.1, 0.15) is 41.8 Å². The van der Waals surface area contributed by atoms with E-state index in [9.17, 15) is 59.4 Å². The number of nitrogens with two attached hydrogens (primary N) is 1. The second kappa shape index (κ2) is 21.9. The number of ether oxygens (including phenoxy) is 5. The number of piperidine rings is 2. The number of hydrogen-bond donors (Lipinski definition) is 7. The normalized spacial score (nSPS) is 25.8. The number of amides is 1. The molecule has 2 aromatic heterocycles. The highest BCUT2D eigenvalue weighted by atomic mass is 16.7. The van der Waals surface area contributed by atoms with Gasteiger partial charge in [0.25, 0.3) is 5.56 Å². The van der Waals surface area contributed by atoms with E-state index in [0.29, 0.717) is 60.4 Å². The molecule has 7 aliphatic rings. The van der Waals surface area contributed by atoms with E-state index in [-0.39, 0.29) is 59.1 Å². The third kappa shape index (κ3) is 9.42. The van der Waals surface area contributed by atoms with Crippen molar-refractivity contribution in [2.45, 2.75) is 146 Å². The molecule has 7 atom stereocenters. The number of hydrogen-bond acceptors (Lipinski definition) is 20. The number of carbonyl (C=O) groups is 5. The first kappa shape index (κ1) is 56.7. The van der Waals surface area contributed by atoms with Crippen LogP contribution in [0.3, 0.4) is 0 Å². The van der Waals surface area contributed by atoms with Crippen molar-refractivity contribution in [2.75, 3.05) is 39.9 Å². The highest BCUT2D eigenvalue weighted by Crippen LogP contribution is 2.53. The number of ketones is 3. The average molecular weight is 1130 g/mol. The summed E-state index contributed by atoms with van der Waals surface area (Å²) in [6.07, 6.45) is 1.14. The summed E-state index contributed by atoms with van der Waals surface area (Å²) in [5.74, 6) is -4.04. The zero-order valence-electron chi connectivity index (χ0n) is 46.1. The Balaban J connectivity index is 0.000000173. The van der Waals surface area contributed by atoms with E-state index >= 15 is 0 Å². The quantitative estimate of drug-likeness (QED) is 0.0790. The molecule has 7 heterocycles. The van der Waals surface area contributed by atoms with Gasteiger partial charge in [-0.05, 0) is 94.4 Å². The smallest absolute Gasteiger partial charge is 0.415 e. The number of phenolic OH excluding ortho intramolecular Hbond substituents is 2. The first-order valence-electron chi connectivity index (χ1n) is 28.1. The molecule has 22 nitrogen and oxygen atoms in total. The molecule has 1 amide bonds. The number of aromatic nitrogens is 2. The van der Waals surface area contributed by atoms with Crippen molar-refractivity contribution < 1.29 is 78.3 Å². The number of fused-ring (bicyclic) bond motifs is 8. The molecule has 82 heavy (non-hydrogen) atoms. The Hall–Kier alpha value is -7.15. The van der Waals surface area contributed by atoms with E-state index in [0.717, 1.165) is 34.9 Å². The van der Waals surface area contributed by atoms with Crippen LogP contribution in [0.15, 0.2) is 47.3 Å². The second-order valence-electron chi connectivity index (χ2n) is 22.4. The number of pyridine rings is 2. The van der Waals surface area contributed by atoms with Crippen molar-refractivity contribution in [3.63, 3.8) is 0 Å². The van der Waals surface area contributed by atoms with Crippen molar-refractivity contribution >= 4 is 40.3 Å². The summed E-state index contributed by atoms with van der Waals surface area (Å²) in [5.41, 5.74) is 4.76. The van der Waals surface area contributed by atoms with Gasteiger partial charge in [-0.2, -0.15) is 0 Å². The van der Waals surface area contributed by atoms with Crippen LogP contribution in [0, 0.1) is 0 Å². The van der Waals surface area contributed by atoms with Crippen molar-refractivity contribution in [1.82, 2.24) is 19.4 Å². The molecule has 5 aromatic rings. The van der Waals surface area contributed by atoms with Gasteiger partial charge in [0, 0.05) is 77.6 Å². The highest BCUT2D eigenvalue weighted by Gasteiger charge is 2.51. The summed E-state index contributed by atoms with van der Waals surface area (Å²) in [7, 11) is 1.32. The van der Waals surface area contributed by atoms with Gasteiger partial charge in [-0.15, -0.1) is 0 Å². The highest BCUT2D eigenvalue weighted by molar-refractivity contribution is 6.31. The van der Waals surface area contributed by atoms with Gasteiger partial charge in [-0.25, -0.2) is 14.6 Å². The lowest BCUT2D eigenvalue weighted by atomic mass is 9.72. The number of likely N-dealkylation sites (tertiary alicyclic amines) is 2. The minimum atomic E-state index is -2.24. The number of benzene rings is 3. The zero-order chi connectivity index (χ0) is 58.3. The van der Waals surface area contributed by atoms with Gasteiger partial charge in [-0.1, -0.05) is 32.4 Å². The molecule has 8 N–H and O–H groups in total. The third-order valence-electron chi connectivity index (χ3n) is 17.8. The minimum Gasteiger partial charge on any atom is -0.507 e. The molecule has 3 aromatic carbocycles. The summed E-state index contributed by atoms with van der Waals surface area (Å²) in [6.45, 7) is 8.21. The fourth-order valence-corrected chi connectivity index (χ4v) is 13.2. The number of phenols is 2. The number of aromatic hydroxyl groups is 2. The summed E-state index contributed by atoms with van der Waals surface area (Å²) in [6, 6.07) is 11.4. The van der Waals surface area contributed by atoms with Gasteiger partial charge >= 0.3 is 12.1 Å². The van der Waals surface area contributed by atoms with E-state index in [1.165, 1.54) is 57.7 Å². The maximum Gasteiger partial charge on any atom is 0.415 e. The lowest BCUT2D eigenvalue weighted by Gasteiger charge is -2.42. The molecular formula is C60H67N5O17. The Kier molecular flexibility index (Phi) is 15.1. The molecule has 0 unspecified atom stereocenters. The Bertz CT molecular complexity index is 3520. The maximum atomic E-state index is 13.6. The summed E-state index contributed by atoms with van der Waals surface area (Å²) in [5, 5.41) is 65.7. The molecule has 3 fully saturated rings. The van der Waals surface area contributed by atoms with Crippen LogP contribution in [-0.2, 0) is 55.4 Å². The molecule has 2 aliphatic carbocycles. The SMILES string of the molecule is CCc1c2c(nc3ccc(OC(=O)N4CCC(N5CCCCC5)CC4)cc13)-c1cc3c(c(=O)n1C2)COC(=O)[C@]3(O)CC.COc1cccc2c1C(=O)c1c(O)c3c(c(O)c1C2=O)C[C@@](O)(C(=O)CO)C[C@@H]3O[C@H]1C[C@H](N)[C@@H](O)[C@H](C)O1. The fourth-order valence-electron chi connectivity index (χ4n) is 13.2. The second-order valence-corrected chi connectivity index (χ2v) is 22.4.